The molecule has 108 valence electrons. The molecule has 6 nitrogen and oxygen atoms in total. The number of benzene rings is 1. The van der Waals surface area contributed by atoms with Crippen molar-refractivity contribution < 1.29 is 29.3 Å². The van der Waals surface area contributed by atoms with Gasteiger partial charge in [-0.25, -0.2) is 4.79 Å². The first kappa shape index (κ1) is 14.5. The van der Waals surface area contributed by atoms with Crippen LogP contribution in [0.4, 0.5) is 0 Å². The van der Waals surface area contributed by atoms with E-state index in [-0.39, 0.29) is 24.4 Å². The summed E-state index contributed by atoms with van der Waals surface area (Å²) < 4.78 is 9.96. The van der Waals surface area contributed by atoms with Crippen LogP contribution in [-0.2, 0) is 9.53 Å². The summed E-state index contributed by atoms with van der Waals surface area (Å²) in [5, 5.41) is 19.7. The van der Waals surface area contributed by atoms with Gasteiger partial charge in [0.2, 0.25) is 0 Å². The smallest absolute Gasteiger partial charge is 0.338 e. The summed E-state index contributed by atoms with van der Waals surface area (Å²) in [4.78, 5) is 23.1. The number of carbonyl (C=O) groups excluding carboxylic acids is 2. The summed E-state index contributed by atoms with van der Waals surface area (Å²) in [5.41, 5.74) is 0.618. The van der Waals surface area contributed by atoms with Crippen LogP contribution in [0.5, 0.6) is 5.75 Å². The molecular weight excluding hydrogens is 264 g/mol. The van der Waals surface area contributed by atoms with E-state index in [9.17, 15) is 19.8 Å². The van der Waals surface area contributed by atoms with E-state index in [4.69, 9.17) is 4.74 Å². The maximum absolute atomic E-state index is 11.8. The molecule has 0 bridgehead atoms. The van der Waals surface area contributed by atoms with Crippen molar-refractivity contribution in [2.24, 2.45) is 0 Å². The largest absolute Gasteiger partial charge is 0.492 e. The Morgan fingerprint density at radius 1 is 1.45 bits per heavy atom. The lowest BCUT2D eigenvalue weighted by atomic mass is 9.97. The summed E-state index contributed by atoms with van der Waals surface area (Å²) in [6.07, 6.45) is -2.87. The Morgan fingerprint density at radius 2 is 2.20 bits per heavy atom. The molecule has 2 rings (SSSR count). The normalized spacial score (nSPS) is 16.9. The minimum atomic E-state index is -1.69. The molecule has 20 heavy (non-hydrogen) atoms. The predicted molar refractivity (Wildman–Crippen MR) is 68.5 cm³/mol. The van der Waals surface area contributed by atoms with Crippen LogP contribution in [0.15, 0.2) is 18.2 Å². The number of hydrogen-bond donors (Lipinski definition) is 2. The van der Waals surface area contributed by atoms with E-state index in [1.807, 2.05) is 0 Å². The lowest BCUT2D eigenvalue weighted by Gasteiger charge is -2.20. The first-order valence-electron chi connectivity index (χ1n) is 6.37. The third-order valence-electron chi connectivity index (χ3n) is 3.06. The number of ether oxygens (including phenoxy) is 2. The second kappa shape index (κ2) is 6.02. The van der Waals surface area contributed by atoms with Crippen molar-refractivity contribution >= 4 is 11.8 Å². The van der Waals surface area contributed by atoms with Crippen molar-refractivity contribution in [2.45, 2.75) is 25.6 Å². The Bertz CT molecular complexity index is 524. The fourth-order valence-corrected chi connectivity index (χ4v) is 2.00. The number of carbonyl (C=O) groups is 2. The third-order valence-corrected chi connectivity index (χ3v) is 3.06. The van der Waals surface area contributed by atoms with Crippen molar-refractivity contribution in [3.63, 3.8) is 0 Å². The molecule has 0 saturated carbocycles. The molecule has 0 aromatic heterocycles. The quantitative estimate of drug-likeness (QED) is 0.785. The van der Waals surface area contributed by atoms with Gasteiger partial charge in [0, 0.05) is 6.42 Å². The Hall–Kier alpha value is -1.92. The van der Waals surface area contributed by atoms with Crippen LogP contribution >= 0.6 is 0 Å². The van der Waals surface area contributed by atoms with Crippen LogP contribution < -0.4 is 4.74 Å². The standard InChI is InChI=1S/C14H16O6/c1-2-19-14(18)13(17)12(16)8-3-4-11-9(7-8)10(15)5-6-20-11/h3-4,7,12-13,16-17H,2,5-6H2,1H3. The number of hydrogen-bond acceptors (Lipinski definition) is 6. The maximum Gasteiger partial charge on any atom is 0.338 e. The third kappa shape index (κ3) is 2.81. The number of Topliss-reactive ketones (excluding diaryl/α,β-unsaturated/α-hetero) is 1. The van der Waals surface area contributed by atoms with Gasteiger partial charge in [0.05, 0.1) is 18.8 Å². The number of ketones is 1. The van der Waals surface area contributed by atoms with Gasteiger partial charge in [-0.05, 0) is 24.6 Å². The molecule has 2 N–H and O–H groups in total. The molecule has 0 amide bonds. The van der Waals surface area contributed by atoms with Gasteiger partial charge in [-0.3, -0.25) is 4.79 Å². The predicted octanol–water partition coefficient (Wildman–Crippen LogP) is 0.609. The Balaban J connectivity index is 2.22. The van der Waals surface area contributed by atoms with Crippen molar-refractivity contribution in [1.29, 1.82) is 0 Å². The zero-order chi connectivity index (χ0) is 14.7. The van der Waals surface area contributed by atoms with Crippen LogP contribution in [0.2, 0.25) is 0 Å². The molecule has 0 radical (unpaired) electrons. The van der Waals surface area contributed by atoms with E-state index in [1.54, 1.807) is 13.0 Å². The van der Waals surface area contributed by atoms with E-state index >= 15 is 0 Å². The fourth-order valence-electron chi connectivity index (χ4n) is 2.00. The Morgan fingerprint density at radius 3 is 2.90 bits per heavy atom. The average molecular weight is 280 g/mol. The number of esters is 1. The summed E-state index contributed by atoms with van der Waals surface area (Å²) >= 11 is 0. The van der Waals surface area contributed by atoms with E-state index < -0.39 is 18.2 Å². The number of fused-ring (bicyclic) bond motifs is 1. The highest BCUT2D eigenvalue weighted by Gasteiger charge is 2.28. The topological polar surface area (TPSA) is 93.1 Å². The fraction of sp³-hybridized carbons (Fsp3) is 0.429. The molecular formula is C14H16O6. The zero-order valence-electron chi connectivity index (χ0n) is 11.0. The van der Waals surface area contributed by atoms with Crippen molar-refractivity contribution in [3.05, 3.63) is 29.3 Å². The number of aliphatic hydroxyl groups excluding tert-OH is 2. The van der Waals surface area contributed by atoms with Gasteiger partial charge in [0.1, 0.15) is 11.9 Å². The molecule has 1 aliphatic heterocycles. The molecule has 1 aromatic carbocycles. The van der Waals surface area contributed by atoms with Gasteiger partial charge in [0.15, 0.2) is 11.9 Å². The molecule has 0 spiro atoms. The molecule has 0 fully saturated rings. The number of aliphatic hydroxyl groups is 2. The highest BCUT2D eigenvalue weighted by Crippen LogP contribution is 2.29. The van der Waals surface area contributed by atoms with Gasteiger partial charge in [-0.1, -0.05) is 6.07 Å². The molecule has 0 saturated heterocycles. The second-order valence-electron chi connectivity index (χ2n) is 4.42. The zero-order valence-corrected chi connectivity index (χ0v) is 11.0. The van der Waals surface area contributed by atoms with E-state index in [0.29, 0.717) is 17.9 Å². The summed E-state index contributed by atoms with van der Waals surface area (Å²) in [7, 11) is 0. The minimum Gasteiger partial charge on any atom is -0.492 e. The molecule has 2 atom stereocenters. The SMILES string of the molecule is CCOC(=O)C(O)C(O)c1ccc2c(c1)C(=O)CCO2. The van der Waals surface area contributed by atoms with Crippen molar-refractivity contribution in [3.8, 4) is 5.75 Å². The van der Waals surface area contributed by atoms with E-state index in [2.05, 4.69) is 4.74 Å². The van der Waals surface area contributed by atoms with Gasteiger partial charge in [-0.2, -0.15) is 0 Å². The monoisotopic (exact) mass is 280 g/mol. The van der Waals surface area contributed by atoms with Crippen molar-refractivity contribution in [1.82, 2.24) is 0 Å². The second-order valence-corrected chi connectivity index (χ2v) is 4.42. The molecule has 1 heterocycles. The summed E-state index contributed by atoms with van der Waals surface area (Å²) in [6, 6.07) is 4.48. The summed E-state index contributed by atoms with van der Waals surface area (Å²) in [5.74, 6) is -0.547. The van der Waals surface area contributed by atoms with E-state index in [1.165, 1.54) is 12.1 Å². The lowest BCUT2D eigenvalue weighted by molar-refractivity contribution is -0.159. The van der Waals surface area contributed by atoms with Gasteiger partial charge in [0.25, 0.3) is 0 Å². The van der Waals surface area contributed by atoms with Crippen molar-refractivity contribution in [2.75, 3.05) is 13.2 Å². The number of rotatable bonds is 4. The van der Waals surface area contributed by atoms with Gasteiger partial charge >= 0.3 is 5.97 Å². The van der Waals surface area contributed by atoms with Crippen LogP contribution in [0.1, 0.15) is 35.4 Å². The maximum atomic E-state index is 11.8. The van der Waals surface area contributed by atoms with Crippen LogP contribution in [0.25, 0.3) is 0 Å². The lowest BCUT2D eigenvalue weighted by Crippen LogP contribution is -2.30. The molecule has 2 unspecified atom stereocenters. The van der Waals surface area contributed by atoms with E-state index in [0.717, 1.165) is 0 Å². The first-order valence-corrected chi connectivity index (χ1v) is 6.37. The van der Waals surface area contributed by atoms with Gasteiger partial charge < -0.3 is 19.7 Å². The minimum absolute atomic E-state index is 0.0917. The Kier molecular flexibility index (Phi) is 4.36. The Labute approximate surface area is 115 Å². The average Bonchev–Trinajstić information content (AvgIpc) is 2.46. The molecule has 6 heteroatoms. The molecule has 0 aliphatic carbocycles. The highest BCUT2D eigenvalue weighted by molar-refractivity contribution is 5.99. The first-order chi connectivity index (χ1) is 9.54. The molecule has 1 aliphatic rings. The van der Waals surface area contributed by atoms with Crippen LogP contribution in [-0.4, -0.2) is 41.3 Å². The van der Waals surface area contributed by atoms with Crippen LogP contribution in [0.3, 0.4) is 0 Å². The van der Waals surface area contributed by atoms with Crippen LogP contribution in [0, 0.1) is 0 Å². The highest BCUT2D eigenvalue weighted by atomic mass is 16.5. The summed E-state index contributed by atoms with van der Waals surface area (Å²) in [6.45, 7) is 2.05. The molecule has 1 aromatic rings. The van der Waals surface area contributed by atoms with Gasteiger partial charge in [-0.15, -0.1) is 0 Å².